The van der Waals surface area contributed by atoms with Crippen LogP contribution in [0.3, 0.4) is 0 Å². The van der Waals surface area contributed by atoms with Crippen LogP contribution < -0.4 is 5.73 Å². The molecule has 1 N–H and O–H groups in total. The van der Waals surface area contributed by atoms with E-state index >= 15 is 0 Å². The lowest BCUT2D eigenvalue weighted by atomic mass is 11.5. The molecule has 0 saturated carbocycles. The Morgan fingerprint density at radius 1 is 1.75 bits per heavy atom. The second-order valence-corrected chi connectivity index (χ2v) is 1.36. The quantitative estimate of drug-likeness (QED) is 0.403. The SMILES string of the molecule is [NH]C([S])=S. The Balaban J connectivity index is 2.80. The lowest BCUT2D eigenvalue weighted by Gasteiger charge is -1.57. The first kappa shape index (κ1) is 4.11. The summed E-state index contributed by atoms with van der Waals surface area (Å²) in [5, 5.41) is 0. The molecule has 0 atom stereocenters. The van der Waals surface area contributed by atoms with E-state index in [1.807, 2.05) is 0 Å². The van der Waals surface area contributed by atoms with Crippen molar-refractivity contribution in [2.75, 3.05) is 0 Å². The summed E-state index contributed by atoms with van der Waals surface area (Å²) in [5.74, 6) is 0. The maximum Gasteiger partial charge on any atom is 0.183 e. The molecule has 0 amide bonds. The van der Waals surface area contributed by atoms with Crippen LogP contribution in [0.1, 0.15) is 0 Å². The smallest absolute Gasteiger partial charge is 0.183 e. The molecule has 0 heterocycles. The standard InChI is InChI=1S/CHNS2/c2-1(3)4/h2H. The van der Waals surface area contributed by atoms with Crippen LogP contribution in [0, 0.1) is 0 Å². The van der Waals surface area contributed by atoms with Gasteiger partial charge in [-0.05, 0) is 24.8 Å². The number of rotatable bonds is 0. The highest BCUT2D eigenvalue weighted by molar-refractivity contribution is 8.10. The monoisotopic (exact) mass is 91.0 g/mol. The van der Waals surface area contributed by atoms with Crippen molar-refractivity contribution in [1.82, 2.24) is 5.73 Å². The lowest BCUT2D eigenvalue weighted by Crippen LogP contribution is -1.72. The maximum atomic E-state index is 6.13. The molecule has 0 rings (SSSR count). The van der Waals surface area contributed by atoms with E-state index in [0.717, 1.165) is 0 Å². The van der Waals surface area contributed by atoms with Gasteiger partial charge in [0.1, 0.15) is 0 Å². The molecule has 0 aliphatic rings. The molecule has 0 aromatic rings. The van der Waals surface area contributed by atoms with Crippen molar-refractivity contribution < 1.29 is 0 Å². The minimum Gasteiger partial charge on any atom is -0.280 e. The summed E-state index contributed by atoms with van der Waals surface area (Å²) >= 11 is 8.04. The van der Waals surface area contributed by atoms with Crippen LogP contribution in [0.4, 0.5) is 0 Å². The Morgan fingerprint density at radius 3 is 1.75 bits per heavy atom. The highest BCUT2D eigenvalue weighted by Crippen LogP contribution is 1.67. The highest BCUT2D eigenvalue weighted by atomic mass is 32.1. The van der Waals surface area contributed by atoms with E-state index in [9.17, 15) is 0 Å². The normalized spacial score (nSPS) is 6.00. The van der Waals surface area contributed by atoms with Crippen LogP contribution in [0.15, 0.2) is 0 Å². The lowest BCUT2D eigenvalue weighted by molar-refractivity contribution is 1.80. The van der Waals surface area contributed by atoms with E-state index in [1.54, 1.807) is 0 Å². The average molecular weight is 91.2 g/mol. The molecule has 0 aromatic heterocycles. The summed E-state index contributed by atoms with van der Waals surface area (Å²) in [5.41, 5.74) is 6.13. The Bertz CT molecular complexity index is 29.0. The fourth-order valence-electron chi connectivity index (χ4n) is 0. The molecule has 2 radical (unpaired) electrons. The van der Waals surface area contributed by atoms with Gasteiger partial charge in [0.25, 0.3) is 0 Å². The van der Waals surface area contributed by atoms with Gasteiger partial charge < -0.3 is 0 Å². The molecule has 0 aromatic carbocycles. The second kappa shape index (κ2) is 1.43. The van der Waals surface area contributed by atoms with Crippen LogP contribution in [-0.4, -0.2) is 4.32 Å². The van der Waals surface area contributed by atoms with Crippen molar-refractivity contribution in [3.8, 4) is 0 Å². The van der Waals surface area contributed by atoms with Gasteiger partial charge in [0.2, 0.25) is 0 Å². The van der Waals surface area contributed by atoms with E-state index in [2.05, 4.69) is 24.8 Å². The predicted molar refractivity (Wildman–Crippen MR) is 23.3 cm³/mol. The molecular formula is CHNS2. The third kappa shape index (κ3) is 215. The van der Waals surface area contributed by atoms with Crippen molar-refractivity contribution in [3.63, 3.8) is 0 Å². The molecule has 0 saturated heterocycles. The molecule has 0 unspecified atom stereocenters. The minimum absolute atomic E-state index is 0.167. The van der Waals surface area contributed by atoms with Gasteiger partial charge in [-0.1, -0.05) is 0 Å². The average Bonchev–Trinajstić information content (AvgIpc) is 0.811. The summed E-state index contributed by atoms with van der Waals surface area (Å²) in [6, 6.07) is 0. The molecule has 1 nitrogen and oxygen atoms in total. The van der Waals surface area contributed by atoms with Crippen LogP contribution in [0.25, 0.3) is 0 Å². The van der Waals surface area contributed by atoms with Gasteiger partial charge in [-0.3, -0.25) is 5.73 Å². The number of thiocarbonyl (C=S) groups is 1. The first-order valence-electron chi connectivity index (χ1n) is 0.658. The highest BCUT2D eigenvalue weighted by Gasteiger charge is 1.61. The Hall–Kier alpha value is 0.110. The molecule has 3 heteroatoms. The summed E-state index contributed by atoms with van der Waals surface area (Å²) in [7, 11) is 0. The van der Waals surface area contributed by atoms with Crippen LogP contribution in [0.5, 0.6) is 0 Å². The van der Waals surface area contributed by atoms with E-state index in [-0.39, 0.29) is 4.32 Å². The summed E-state index contributed by atoms with van der Waals surface area (Å²) < 4.78 is -0.167. The Kier molecular flexibility index (Phi) is 1.47. The number of hydrogen-bond donors (Lipinski definition) is 0. The molecule has 22 valence electrons. The molecule has 0 aliphatic carbocycles. The molecule has 4 heavy (non-hydrogen) atoms. The Morgan fingerprint density at radius 2 is 1.75 bits per heavy atom. The summed E-state index contributed by atoms with van der Waals surface area (Å²) in [6.07, 6.45) is 0. The van der Waals surface area contributed by atoms with Gasteiger partial charge in [-0.25, -0.2) is 0 Å². The molecule has 0 aliphatic heterocycles. The van der Waals surface area contributed by atoms with Crippen LogP contribution in [-0.2, 0) is 0 Å². The fraction of sp³-hybridized carbons (Fsp3) is 0. The first-order chi connectivity index (χ1) is 1.73. The minimum atomic E-state index is -0.167. The van der Waals surface area contributed by atoms with E-state index < -0.39 is 0 Å². The van der Waals surface area contributed by atoms with Crippen molar-refractivity contribution in [3.05, 3.63) is 0 Å². The molecular weight excluding hydrogens is 90.2 g/mol. The van der Waals surface area contributed by atoms with Gasteiger partial charge in [0, 0.05) is 0 Å². The van der Waals surface area contributed by atoms with Gasteiger partial charge in [0.15, 0.2) is 4.32 Å². The van der Waals surface area contributed by atoms with Gasteiger partial charge in [0.05, 0.1) is 0 Å². The third-order valence-electron chi connectivity index (χ3n) is 0. The van der Waals surface area contributed by atoms with E-state index in [0.29, 0.717) is 0 Å². The van der Waals surface area contributed by atoms with Crippen LogP contribution >= 0.6 is 24.8 Å². The Labute approximate surface area is 35.6 Å². The largest absolute Gasteiger partial charge is 0.280 e. The predicted octanol–water partition coefficient (Wildman–Crippen LogP) is 0.752. The van der Waals surface area contributed by atoms with Gasteiger partial charge >= 0.3 is 0 Å². The van der Waals surface area contributed by atoms with Gasteiger partial charge in [-0.15, -0.1) is 0 Å². The zero-order valence-corrected chi connectivity index (χ0v) is 3.45. The summed E-state index contributed by atoms with van der Waals surface area (Å²) in [4.78, 5) is 0. The van der Waals surface area contributed by atoms with Crippen LogP contribution in [0.2, 0.25) is 0 Å². The van der Waals surface area contributed by atoms with E-state index in [1.165, 1.54) is 0 Å². The molecule has 0 bridgehead atoms. The molecule has 0 fully saturated rings. The van der Waals surface area contributed by atoms with Crippen molar-refractivity contribution in [2.45, 2.75) is 0 Å². The maximum absolute atomic E-state index is 6.13. The van der Waals surface area contributed by atoms with Crippen molar-refractivity contribution >= 4 is 29.2 Å². The fourth-order valence-corrected chi connectivity index (χ4v) is 0. The first-order valence-corrected chi connectivity index (χ1v) is 1.47. The zero-order valence-electron chi connectivity index (χ0n) is 1.82. The summed E-state index contributed by atoms with van der Waals surface area (Å²) in [6.45, 7) is 0. The van der Waals surface area contributed by atoms with Crippen molar-refractivity contribution in [1.29, 1.82) is 0 Å². The van der Waals surface area contributed by atoms with E-state index in [4.69, 9.17) is 5.73 Å². The number of hydrogen-bond acceptors (Lipinski definition) is 1. The third-order valence-corrected chi connectivity index (χ3v) is 0. The van der Waals surface area contributed by atoms with Crippen molar-refractivity contribution in [2.24, 2.45) is 0 Å². The number of nitrogens with one attached hydrogen (secondary N) is 1. The topological polar surface area (TPSA) is 23.8 Å². The van der Waals surface area contributed by atoms with Gasteiger partial charge in [-0.2, -0.15) is 0 Å². The molecule has 0 spiro atoms. The zero-order chi connectivity index (χ0) is 3.58. The second-order valence-electron chi connectivity index (χ2n) is 0.287.